The van der Waals surface area contributed by atoms with Crippen molar-refractivity contribution in [2.45, 2.75) is 32.3 Å². The largest absolute Gasteiger partial charge is 0.479 e. The fourth-order valence-corrected chi connectivity index (χ4v) is 3.19. The van der Waals surface area contributed by atoms with Gasteiger partial charge in [0.25, 0.3) is 5.91 Å². The number of rotatable bonds is 5. The Morgan fingerprint density at radius 3 is 2.69 bits per heavy atom. The van der Waals surface area contributed by atoms with E-state index < -0.39 is 6.10 Å². The number of hydrogen-bond acceptors (Lipinski definition) is 3. The van der Waals surface area contributed by atoms with Gasteiger partial charge in [-0.25, -0.2) is 0 Å². The van der Waals surface area contributed by atoms with Gasteiger partial charge in [-0.15, -0.1) is 0 Å². The van der Waals surface area contributed by atoms with E-state index in [4.69, 9.17) is 4.74 Å². The number of carbonyl (C=O) groups is 2. The summed E-state index contributed by atoms with van der Waals surface area (Å²) in [5.74, 6) is 0.808. The molecule has 4 rings (SSSR count). The Bertz CT molecular complexity index is 830. The molecule has 1 heterocycles. The summed E-state index contributed by atoms with van der Waals surface area (Å²) in [7, 11) is 0. The van der Waals surface area contributed by atoms with Crippen molar-refractivity contribution in [2.24, 2.45) is 5.92 Å². The van der Waals surface area contributed by atoms with E-state index in [1.165, 1.54) is 5.56 Å². The molecule has 5 nitrogen and oxygen atoms in total. The van der Waals surface area contributed by atoms with Gasteiger partial charge in [0.15, 0.2) is 6.10 Å². The predicted molar refractivity (Wildman–Crippen MR) is 100 cm³/mol. The van der Waals surface area contributed by atoms with Crippen molar-refractivity contribution in [3.05, 3.63) is 54.1 Å². The van der Waals surface area contributed by atoms with Crippen molar-refractivity contribution in [3.8, 4) is 5.75 Å². The van der Waals surface area contributed by atoms with Crippen LogP contribution < -0.4 is 15.0 Å². The van der Waals surface area contributed by atoms with Crippen molar-refractivity contribution in [2.75, 3.05) is 16.8 Å². The molecule has 0 aromatic heterocycles. The fraction of sp³-hybridized carbons (Fsp3) is 0.333. The van der Waals surface area contributed by atoms with Crippen LogP contribution in [0.5, 0.6) is 5.75 Å². The molecule has 2 amide bonds. The zero-order valence-corrected chi connectivity index (χ0v) is 14.8. The van der Waals surface area contributed by atoms with Crippen LogP contribution in [0.4, 0.5) is 11.4 Å². The highest BCUT2D eigenvalue weighted by atomic mass is 16.5. The molecule has 134 valence electrons. The maximum atomic E-state index is 12.6. The lowest BCUT2D eigenvalue weighted by molar-refractivity contribution is -0.125. The molecule has 1 aliphatic heterocycles. The highest BCUT2D eigenvalue weighted by molar-refractivity contribution is 6.01. The molecular formula is C21H22N2O3. The molecule has 2 aromatic carbocycles. The van der Waals surface area contributed by atoms with Crippen LogP contribution in [0.1, 0.15) is 25.3 Å². The Kier molecular flexibility index (Phi) is 4.37. The van der Waals surface area contributed by atoms with Crippen molar-refractivity contribution >= 4 is 23.2 Å². The minimum absolute atomic E-state index is 0.0387. The Balaban J connectivity index is 1.54. The first-order chi connectivity index (χ1) is 12.6. The molecule has 26 heavy (non-hydrogen) atoms. The Hall–Kier alpha value is -2.82. The summed E-state index contributed by atoms with van der Waals surface area (Å²) in [5, 5.41) is 2.93. The number of fused-ring (bicyclic) bond motifs is 1. The number of anilines is 2. The van der Waals surface area contributed by atoms with Gasteiger partial charge < -0.3 is 15.0 Å². The molecule has 0 radical (unpaired) electrons. The van der Waals surface area contributed by atoms with E-state index >= 15 is 0 Å². The molecule has 5 heteroatoms. The minimum atomic E-state index is -0.535. The third-order valence-electron chi connectivity index (χ3n) is 4.85. The van der Waals surface area contributed by atoms with Gasteiger partial charge in [0, 0.05) is 24.2 Å². The zero-order valence-electron chi connectivity index (χ0n) is 14.8. The number of nitrogens with zero attached hydrogens (tertiary/aromatic N) is 1. The molecule has 0 bridgehead atoms. The molecule has 1 atom stereocenters. The quantitative estimate of drug-likeness (QED) is 0.899. The number of hydrogen-bond donors (Lipinski definition) is 1. The number of carbonyl (C=O) groups excluding carboxylic acids is 2. The smallest absolute Gasteiger partial charge is 0.267 e. The first-order valence-corrected chi connectivity index (χ1v) is 9.08. The number of ether oxygens (including phenoxy) is 1. The molecule has 1 unspecified atom stereocenters. The number of nitrogens with one attached hydrogen (secondary N) is 1. The van der Waals surface area contributed by atoms with Crippen molar-refractivity contribution in [1.29, 1.82) is 0 Å². The van der Waals surface area contributed by atoms with Gasteiger partial charge in [-0.05, 0) is 43.9 Å². The Morgan fingerprint density at radius 2 is 1.96 bits per heavy atom. The third kappa shape index (κ3) is 3.43. The van der Waals surface area contributed by atoms with E-state index in [1.54, 1.807) is 11.8 Å². The first-order valence-electron chi connectivity index (χ1n) is 9.08. The molecule has 1 saturated carbocycles. The van der Waals surface area contributed by atoms with E-state index in [0.29, 0.717) is 18.0 Å². The second-order valence-electron chi connectivity index (χ2n) is 6.93. The topological polar surface area (TPSA) is 58.6 Å². The van der Waals surface area contributed by atoms with Crippen LogP contribution in [0.2, 0.25) is 0 Å². The molecule has 2 aromatic rings. The molecule has 1 N–H and O–H groups in total. The van der Waals surface area contributed by atoms with Crippen molar-refractivity contribution in [3.63, 3.8) is 0 Å². The zero-order chi connectivity index (χ0) is 18.1. The van der Waals surface area contributed by atoms with E-state index in [1.807, 2.05) is 36.4 Å². The van der Waals surface area contributed by atoms with Crippen LogP contribution in [-0.4, -0.2) is 24.5 Å². The molecule has 0 saturated heterocycles. The lowest BCUT2D eigenvalue weighted by Gasteiger charge is -2.33. The summed E-state index contributed by atoms with van der Waals surface area (Å²) in [5.41, 5.74) is 2.66. The summed E-state index contributed by atoms with van der Waals surface area (Å²) in [4.78, 5) is 26.3. The molecule has 1 aliphatic carbocycles. The van der Waals surface area contributed by atoms with Gasteiger partial charge >= 0.3 is 0 Å². The van der Waals surface area contributed by atoms with Crippen LogP contribution in [0.3, 0.4) is 0 Å². The second kappa shape index (κ2) is 6.83. The van der Waals surface area contributed by atoms with Crippen LogP contribution in [-0.2, 0) is 16.0 Å². The van der Waals surface area contributed by atoms with Gasteiger partial charge in [-0.2, -0.15) is 0 Å². The average Bonchev–Trinajstić information content (AvgIpc) is 3.48. The SMILES string of the molecule is CC1Oc2cc(NC(=O)C3CC3)ccc2N(CCc2ccccc2)C1=O. The van der Waals surface area contributed by atoms with Crippen LogP contribution in [0, 0.1) is 5.92 Å². The van der Waals surface area contributed by atoms with Gasteiger partial charge in [-0.3, -0.25) is 9.59 Å². The molecule has 2 aliphatic rings. The monoisotopic (exact) mass is 350 g/mol. The van der Waals surface area contributed by atoms with Gasteiger partial charge in [0.1, 0.15) is 5.75 Å². The minimum Gasteiger partial charge on any atom is -0.479 e. The van der Waals surface area contributed by atoms with E-state index in [2.05, 4.69) is 17.4 Å². The third-order valence-corrected chi connectivity index (χ3v) is 4.85. The van der Waals surface area contributed by atoms with E-state index in [-0.39, 0.29) is 17.7 Å². The van der Waals surface area contributed by atoms with E-state index in [9.17, 15) is 9.59 Å². The normalized spacial score (nSPS) is 18.9. The predicted octanol–water partition coefficient (Wildman–Crippen LogP) is 3.39. The fourth-order valence-electron chi connectivity index (χ4n) is 3.19. The lowest BCUT2D eigenvalue weighted by Crippen LogP contribution is -2.45. The maximum absolute atomic E-state index is 12.6. The van der Waals surface area contributed by atoms with Crippen molar-refractivity contribution < 1.29 is 14.3 Å². The molecular weight excluding hydrogens is 328 g/mol. The van der Waals surface area contributed by atoms with Gasteiger partial charge in [0.2, 0.25) is 5.91 Å². The highest BCUT2D eigenvalue weighted by Crippen LogP contribution is 2.37. The Labute approximate surface area is 153 Å². The van der Waals surface area contributed by atoms with Crippen molar-refractivity contribution in [1.82, 2.24) is 0 Å². The summed E-state index contributed by atoms with van der Waals surface area (Å²) in [6.07, 6.45) is 2.17. The van der Waals surface area contributed by atoms with Crippen LogP contribution in [0.25, 0.3) is 0 Å². The Morgan fingerprint density at radius 1 is 1.19 bits per heavy atom. The standard InChI is InChI=1S/C21H22N2O3/c1-14-21(25)23(12-11-15-5-3-2-4-6-15)18-10-9-17(13-19(18)26-14)22-20(24)16-7-8-16/h2-6,9-10,13-14,16H,7-8,11-12H2,1H3,(H,22,24). The van der Waals surface area contributed by atoms with E-state index in [0.717, 1.165) is 24.9 Å². The number of amides is 2. The van der Waals surface area contributed by atoms with Gasteiger partial charge in [0.05, 0.1) is 5.69 Å². The second-order valence-corrected chi connectivity index (χ2v) is 6.93. The van der Waals surface area contributed by atoms with Crippen LogP contribution in [0.15, 0.2) is 48.5 Å². The summed E-state index contributed by atoms with van der Waals surface area (Å²) in [6.45, 7) is 2.35. The molecule has 1 fully saturated rings. The lowest BCUT2D eigenvalue weighted by atomic mass is 10.1. The summed E-state index contributed by atoms with van der Waals surface area (Å²) < 4.78 is 5.78. The maximum Gasteiger partial charge on any atom is 0.267 e. The summed E-state index contributed by atoms with van der Waals surface area (Å²) in [6, 6.07) is 15.6. The summed E-state index contributed by atoms with van der Waals surface area (Å²) >= 11 is 0. The number of benzene rings is 2. The highest BCUT2D eigenvalue weighted by Gasteiger charge is 2.32. The van der Waals surface area contributed by atoms with Gasteiger partial charge in [-0.1, -0.05) is 30.3 Å². The first kappa shape index (κ1) is 16.6. The average molecular weight is 350 g/mol. The molecule has 0 spiro atoms. The van der Waals surface area contributed by atoms with Crippen LogP contribution >= 0.6 is 0 Å².